The van der Waals surface area contributed by atoms with Gasteiger partial charge < -0.3 is 14.8 Å². The van der Waals surface area contributed by atoms with Crippen molar-refractivity contribution in [2.45, 2.75) is 18.7 Å². The molecule has 2 N–H and O–H groups in total. The van der Waals surface area contributed by atoms with E-state index in [1.165, 1.54) is 25.3 Å². The molecule has 2 aliphatic rings. The van der Waals surface area contributed by atoms with Crippen molar-refractivity contribution in [3.63, 3.8) is 0 Å². The molecule has 6 nitrogen and oxygen atoms in total. The summed E-state index contributed by atoms with van der Waals surface area (Å²) in [6.45, 7) is 1.59. The summed E-state index contributed by atoms with van der Waals surface area (Å²) in [5.74, 6) is -1.39. The first-order valence-corrected chi connectivity index (χ1v) is 6.09. The van der Waals surface area contributed by atoms with Gasteiger partial charge in [-0.1, -0.05) is 0 Å². The Hall–Kier alpha value is -2.31. The molecule has 1 aromatic carbocycles. The van der Waals surface area contributed by atoms with Crippen LogP contribution >= 0.6 is 0 Å². The third-order valence-corrected chi connectivity index (χ3v) is 3.66. The van der Waals surface area contributed by atoms with Crippen molar-refractivity contribution in [3.8, 4) is 5.75 Å². The molecule has 106 valence electrons. The van der Waals surface area contributed by atoms with Crippen molar-refractivity contribution < 1.29 is 23.5 Å². The minimum atomic E-state index is -1.23. The highest BCUT2D eigenvalue weighted by atomic mass is 19.1. The average molecular weight is 280 g/mol. The van der Waals surface area contributed by atoms with Gasteiger partial charge in [0.05, 0.1) is 13.2 Å². The zero-order chi connectivity index (χ0) is 14.5. The Balaban J connectivity index is 2.16. The highest BCUT2D eigenvalue weighted by Crippen LogP contribution is 2.45. The fourth-order valence-corrected chi connectivity index (χ4v) is 2.80. The summed E-state index contributed by atoms with van der Waals surface area (Å²) in [5, 5.41) is 5.20. The monoisotopic (exact) mass is 280 g/mol. The van der Waals surface area contributed by atoms with E-state index in [9.17, 15) is 14.0 Å². The predicted octanol–water partition coefficient (Wildman–Crippen LogP) is 1.08. The second-order valence-corrected chi connectivity index (χ2v) is 4.97. The van der Waals surface area contributed by atoms with Crippen LogP contribution in [0.1, 0.15) is 18.5 Å². The number of amides is 2. The van der Waals surface area contributed by atoms with E-state index >= 15 is 0 Å². The van der Waals surface area contributed by atoms with Crippen LogP contribution in [-0.2, 0) is 9.53 Å². The third kappa shape index (κ3) is 1.70. The van der Waals surface area contributed by atoms with Gasteiger partial charge in [-0.25, -0.2) is 9.18 Å². The van der Waals surface area contributed by atoms with Gasteiger partial charge in [-0.05, 0) is 25.1 Å². The van der Waals surface area contributed by atoms with Gasteiger partial charge in [-0.3, -0.25) is 10.1 Å². The van der Waals surface area contributed by atoms with Crippen molar-refractivity contribution in [2.24, 2.45) is 5.92 Å². The van der Waals surface area contributed by atoms with E-state index < -0.39 is 35.5 Å². The second kappa shape index (κ2) is 4.09. The van der Waals surface area contributed by atoms with Gasteiger partial charge in [0.1, 0.15) is 17.5 Å². The van der Waals surface area contributed by atoms with Crippen LogP contribution in [0.4, 0.5) is 9.18 Å². The van der Waals surface area contributed by atoms with E-state index in [-0.39, 0.29) is 0 Å². The van der Waals surface area contributed by atoms with Crippen LogP contribution in [0.5, 0.6) is 5.75 Å². The van der Waals surface area contributed by atoms with E-state index in [2.05, 4.69) is 10.6 Å². The van der Waals surface area contributed by atoms with Crippen LogP contribution in [-0.4, -0.2) is 24.8 Å². The summed E-state index contributed by atoms with van der Waals surface area (Å²) in [5.41, 5.74) is -0.807. The van der Waals surface area contributed by atoms with Crippen LogP contribution < -0.4 is 15.4 Å². The lowest BCUT2D eigenvalue weighted by molar-refractivity contribution is -0.160. The van der Waals surface area contributed by atoms with Crippen molar-refractivity contribution in [3.05, 3.63) is 29.6 Å². The minimum absolute atomic E-state index is 0.423. The predicted molar refractivity (Wildman–Crippen MR) is 65.3 cm³/mol. The first kappa shape index (κ1) is 12.7. The second-order valence-electron chi connectivity index (χ2n) is 4.97. The lowest BCUT2D eigenvalue weighted by Gasteiger charge is -2.48. The maximum Gasteiger partial charge on any atom is 0.318 e. The van der Waals surface area contributed by atoms with Crippen molar-refractivity contribution in [1.82, 2.24) is 10.6 Å². The van der Waals surface area contributed by atoms with E-state index in [1.807, 2.05) is 0 Å². The number of carbonyl (C=O) groups is 2. The van der Waals surface area contributed by atoms with E-state index in [0.717, 1.165) is 0 Å². The number of fused-ring (bicyclic) bond motifs is 4. The molecule has 3 rings (SSSR count). The molecule has 1 fully saturated rings. The van der Waals surface area contributed by atoms with Gasteiger partial charge >= 0.3 is 12.0 Å². The van der Waals surface area contributed by atoms with Crippen molar-refractivity contribution in [1.29, 1.82) is 0 Å². The number of hydrogen-bond donors (Lipinski definition) is 2. The zero-order valence-corrected chi connectivity index (χ0v) is 10.9. The third-order valence-electron chi connectivity index (χ3n) is 3.66. The maximum atomic E-state index is 13.4. The summed E-state index contributed by atoms with van der Waals surface area (Å²) in [4.78, 5) is 23.7. The molecule has 0 aromatic heterocycles. The Morgan fingerprint density at radius 3 is 2.95 bits per heavy atom. The normalized spacial score (nSPS) is 30.4. The lowest BCUT2D eigenvalue weighted by Crippen LogP contribution is -2.70. The van der Waals surface area contributed by atoms with Gasteiger partial charge in [0.15, 0.2) is 5.72 Å². The van der Waals surface area contributed by atoms with Crippen LogP contribution in [0, 0.1) is 11.7 Å². The fraction of sp³-hybridized carbons (Fsp3) is 0.385. The van der Waals surface area contributed by atoms with E-state index in [4.69, 9.17) is 9.47 Å². The molecule has 0 saturated carbocycles. The first-order valence-electron chi connectivity index (χ1n) is 6.09. The fourth-order valence-electron chi connectivity index (χ4n) is 2.80. The maximum absolute atomic E-state index is 13.4. The number of carbonyl (C=O) groups excluding carboxylic acids is 2. The molecule has 3 unspecified atom stereocenters. The van der Waals surface area contributed by atoms with Gasteiger partial charge in [0, 0.05) is 5.56 Å². The molecule has 2 amide bonds. The average Bonchev–Trinajstić information content (AvgIpc) is 2.38. The molecule has 20 heavy (non-hydrogen) atoms. The first-order chi connectivity index (χ1) is 9.44. The van der Waals surface area contributed by atoms with Gasteiger partial charge in [0.25, 0.3) is 0 Å². The summed E-state index contributed by atoms with van der Waals surface area (Å²) >= 11 is 0. The summed E-state index contributed by atoms with van der Waals surface area (Å²) in [6, 6.07) is 2.82. The molecule has 0 spiro atoms. The Morgan fingerprint density at radius 2 is 2.25 bits per heavy atom. The number of rotatable bonds is 1. The molecule has 1 aromatic rings. The number of halogens is 1. The molecule has 0 aliphatic carbocycles. The Bertz CT molecular complexity index is 606. The Kier molecular flexibility index (Phi) is 2.60. The highest BCUT2D eigenvalue weighted by molar-refractivity contribution is 5.84. The summed E-state index contributed by atoms with van der Waals surface area (Å²) in [6.07, 6.45) is 0. The lowest BCUT2D eigenvalue weighted by atomic mass is 9.80. The number of nitrogens with one attached hydrogen (secondary N) is 2. The molecule has 7 heteroatoms. The van der Waals surface area contributed by atoms with Crippen LogP contribution in [0.15, 0.2) is 18.2 Å². The highest BCUT2D eigenvalue weighted by Gasteiger charge is 2.56. The number of urea groups is 1. The number of hydrogen-bond acceptors (Lipinski definition) is 4. The molecule has 2 aliphatic heterocycles. The van der Waals surface area contributed by atoms with E-state index in [1.54, 1.807) is 6.92 Å². The smallest absolute Gasteiger partial charge is 0.318 e. The van der Waals surface area contributed by atoms with Crippen LogP contribution in [0.25, 0.3) is 0 Å². The Labute approximate surface area is 114 Å². The molecular weight excluding hydrogens is 267 g/mol. The SMILES string of the molecule is COC(=O)C1C2NC(=O)NC1(C)Oc1ccc(F)cc12. The van der Waals surface area contributed by atoms with Crippen molar-refractivity contribution in [2.75, 3.05) is 7.11 Å². The summed E-state index contributed by atoms with van der Waals surface area (Å²) < 4.78 is 23.9. The number of benzene rings is 1. The quantitative estimate of drug-likeness (QED) is 0.755. The van der Waals surface area contributed by atoms with Crippen LogP contribution in [0.3, 0.4) is 0 Å². The van der Waals surface area contributed by atoms with Gasteiger partial charge in [-0.2, -0.15) is 0 Å². The molecular formula is C13H13FN2O4. The van der Waals surface area contributed by atoms with Crippen LogP contribution in [0.2, 0.25) is 0 Å². The number of ether oxygens (including phenoxy) is 2. The molecule has 2 heterocycles. The zero-order valence-electron chi connectivity index (χ0n) is 10.9. The molecule has 0 radical (unpaired) electrons. The number of esters is 1. The Morgan fingerprint density at radius 1 is 1.50 bits per heavy atom. The molecule has 2 bridgehead atoms. The molecule has 1 saturated heterocycles. The largest absolute Gasteiger partial charge is 0.469 e. The van der Waals surface area contributed by atoms with E-state index in [0.29, 0.717) is 11.3 Å². The standard InChI is InChI=1S/C13H13FN2O4/c1-13-9(11(17)19-2)10(15-12(18)16-13)7-5-6(14)3-4-8(7)20-13/h3-5,9-10H,1-2H3,(H2,15,16,18). The molecule has 3 atom stereocenters. The van der Waals surface area contributed by atoms with Gasteiger partial charge in [-0.15, -0.1) is 0 Å². The van der Waals surface area contributed by atoms with Gasteiger partial charge in [0.2, 0.25) is 0 Å². The topological polar surface area (TPSA) is 76.7 Å². The summed E-state index contributed by atoms with van der Waals surface area (Å²) in [7, 11) is 1.25. The minimum Gasteiger partial charge on any atom is -0.469 e. The number of methoxy groups -OCH3 is 1. The van der Waals surface area contributed by atoms with Crippen molar-refractivity contribution >= 4 is 12.0 Å².